The van der Waals surface area contributed by atoms with Gasteiger partial charge in [0.1, 0.15) is 0 Å². The fourth-order valence-electron chi connectivity index (χ4n) is 2.67. The second-order valence-corrected chi connectivity index (χ2v) is 6.16. The lowest BCUT2D eigenvalue weighted by Crippen LogP contribution is -2.38. The van der Waals surface area contributed by atoms with Crippen molar-refractivity contribution in [2.45, 2.75) is 6.54 Å². The van der Waals surface area contributed by atoms with E-state index in [1.807, 2.05) is 47.2 Å². The van der Waals surface area contributed by atoms with E-state index in [4.69, 9.17) is 9.47 Å². The minimum Gasteiger partial charge on any atom is -0.493 e. The number of hydrogen-bond acceptors (Lipinski definition) is 3. The maximum Gasteiger partial charge on any atom is 0.228 e. The molecule has 5 heteroatoms. The van der Waals surface area contributed by atoms with E-state index in [1.54, 1.807) is 26.4 Å². The Labute approximate surface area is 148 Å². The topological polar surface area (TPSA) is 39.4 Å². The molecule has 0 atom stereocenters. The molecule has 0 aliphatic rings. The predicted molar refractivity (Wildman–Crippen MR) is 95.7 cm³/mol. The summed E-state index contributed by atoms with van der Waals surface area (Å²) in [5.41, 5.74) is 1.58. The molecule has 1 heterocycles. The van der Waals surface area contributed by atoms with Crippen LogP contribution in [0.25, 0.3) is 10.9 Å². The van der Waals surface area contributed by atoms with Gasteiger partial charge in [0.25, 0.3) is 0 Å². The largest absolute Gasteiger partial charge is 0.493 e. The second kappa shape index (κ2) is 7.01. The average molecular weight is 387 g/mol. The number of pyridine rings is 1. The number of hydrogen-bond donors (Lipinski definition) is 0. The molecule has 0 spiro atoms. The molecule has 4 nitrogen and oxygen atoms in total. The smallest absolute Gasteiger partial charge is 0.228 e. The molecule has 122 valence electrons. The van der Waals surface area contributed by atoms with Crippen molar-refractivity contribution in [1.82, 2.24) is 0 Å². The molecule has 0 amide bonds. The van der Waals surface area contributed by atoms with Gasteiger partial charge in [-0.15, -0.1) is 0 Å². The number of halogens is 1. The maximum atomic E-state index is 12.8. The third kappa shape index (κ3) is 3.12. The van der Waals surface area contributed by atoms with Gasteiger partial charge < -0.3 is 9.47 Å². The zero-order valence-corrected chi connectivity index (χ0v) is 15.0. The first kappa shape index (κ1) is 16.5. The van der Waals surface area contributed by atoms with Gasteiger partial charge in [0, 0.05) is 27.6 Å². The molecule has 3 aromatic rings. The van der Waals surface area contributed by atoms with E-state index in [-0.39, 0.29) is 12.3 Å². The quantitative estimate of drug-likeness (QED) is 0.494. The number of fused-ring (bicyclic) bond motifs is 1. The molecule has 0 fully saturated rings. The van der Waals surface area contributed by atoms with Gasteiger partial charge in [0.2, 0.25) is 17.8 Å². The average Bonchev–Trinajstić information content (AvgIpc) is 2.61. The third-order valence-corrected chi connectivity index (χ3v) is 4.53. The summed E-state index contributed by atoms with van der Waals surface area (Å²) in [5, 5.41) is 1.10. The molecular formula is C19H17BrNO3+. The van der Waals surface area contributed by atoms with Gasteiger partial charge in [-0.3, -0.25) is 4.79 Å². The molecule has 0 saturated carbocycles. The lowest BCUT2D eigenvalue weighted by Gasteiger charge is -2.10. The minimum absolute atomic E-state index is 0.0100. The molecule has 0 bridgehead atoms. The van der Waals surface area contributed by atoms with Crippen LogP contribution in [0, 0.1) is 0 Å². The maximum absolute atomic E-state index is 12.8. The standard InChI is InChI=1S/C19H17BrNO3/c1-23-18-10-14(15(20)11-19(18)24-2)17(22)12-21-9-5-7-13-6-3-4-8-16(13)21/h3-11H,12H2,1-2H3/q+1. The van der Waals surface area contributed by atoms with Crippen LogP contribution in [0.5, 0.6) is 11.5 Å². The van der Waals surface area contributed by atoms with Gasteiger partial charge in [0.05, 0.1) is 14.2 Å². The molecule has 0 unspecified atom stereocenters. The first-order chi connectivity index (χ1) is 11.6. The number of ether oxygens (including phenoxy) is 2. The summed E-state index contributed by atoms with van der Waals surface area (Å²) in [4.78, 5) is 12.8. The summed E-state index contributed by atoms with van der Waals surface area (Å²) in [7, 11) is 3.12. The van der Waals surface area contributed by atoms with Crippen LogP contribution < -0.4 is 14.0 Å². The summed E-state index contributed by atoms with van der Waals surface area (Å²) in [6.45, 7) is 0.245. The van der Waals surface area contributed by atoms with Crippen LogP contribution in [0.4, 0.5) is 0 Å². The van der Waals surface area contributed by atoms with E-state index in [0.717, 1.165) is 10.9 Å². The first-order valence-corrected chi connectivity index (χ1v) is 8.25. The minimum atomic E-state index is -0.0100. The van der Waals surface area contributed by atoms with Gasteiger partial charge in [-0.25, -0.2) is 0 Å². The van der Waals surface area contributed by atoms with Crippen molar-refractivity contribution in [3.63, 3.8) is 0 Å². The fraction of sp³-hybridized carbons (Fsp3) is 0.158. The number of rotatable bonds is 5. The van der Waals surface area contributed by atoms with Crippen LogP contribution in [0.2, 0.25) is 0 Å². The van der Waals surface area contributed by atoms with Crippen LogP contribution >= 0.6 is 15.9 Å². The molecule has 0 aliphatic heterocycles. The molecule has 0 radical (unpaired) electrons. The number of Topliss-reactive ketones (excluding diaryl/α,β-unsaturated/α-hetero) is 1. The van der Waals surface area contributed by atoms with E-state index in [0.29, 0.717) is 21.5 Å². The molecular weight excluding hydrogens is 370 g/mol. The van der Waals surface area contributed by atoms with Crippen molar-refractivity contribution >= 4 is 32.6 Å². The first-order valence-electron chi connectivity index (χ1n) is 7.46. The molecule has 0 saturated heterocycles. The fourth-order valence-corrected chi connectivity index (χ4v) is 3.21. The molecule has 1 aromatic heterocycles. The highest BCUT2D eigenvalue weighted by molar-refractivity contribution is 9.10. The normalized spacial score (nSPS) is 10.6. The van der Waals surface area contributed by atoms with Crippen LogP contribution in [0.15, 0.2) is 59.2 Å². The molecule has 0 N–H and O–H groups in total. The summed E-state index contributed by atoms with van der Waals surface area (Å²) in [6.07, 6.45) is 1.91. The Kier molecular flexibility index (Phi) is 4.81. The van der Waals surface area contributed by atoms with Crippen LogP contribution in [-0.4, -0.2) is 20.0 Å². The van der Waals surface area contributed by atoms with Crippen LogP contribution in [0.3, 0.4) is 0 Å². The van der Waals surface area contributed by atoms with Crippen LogP contribution in [-0.2, 0) is 6.54 Å². The van der Waals surface area contributed by atoms with E-state index in [1.165, 1.54) is 0 Å². The molecule has 3 rings (SSSR count). The monoisotopic (exact) mass is 386 g/mol. The van der Waals surface area contributed by atoms with Gasteiger partial charge in [-0.1, -0.05) is 12.1 Å². The van der Waals surface area contributed by atoms with Crippen molar-refractivity contribution in [3.8, 4) is 11.5 Å². The Morgan fingerprint density at radius 2 is 1.71 bits per heavy atom. The highest BCUT2D eigenvalue weighted by atomic mass is 79.9. The van der Waals surface area contributed by atoms with Gasteiger partial charge >= 0.3 is 0 Å². The van der Waals surface area contributed by atoms with E-state index < -0.39 is 0 Å². The molecule has 2 aromatic carbocycles. The number of aromatic nitrogens is 1. The van der Waals surface area contributed by atoms with Crippen molar-refractivity contribution in [2.24, 2.45) is 0 Å². The molecule has 0 aliphatic carbocycles. The van der Waals surface area contributed by atoms with Crippen molar-refractivity contribution in [3.05, 3.63) is 64.8 Å². The zero-order chi connectivity index (χ0) is 17.1. The predicted octanol–water partition coefficient (Wildman–Crippen LogP) is 3.79. The van der Waals surface area contributed by atoms with Gasteiger partial charge in [-0.05, 0) is 40.2 Å². The Morgan fingerprint density at radius 1 is 1.04 bits per heavy atom. The summed E-state index contributed by atoms with van der Waals surface area (Å²) < 4.78 is 13.2. The van der Waals surface area contributed by atoms with Gasteiger partial charge in [0.15, 0.2) is 17.7 Å². The Hall–Kier alpha value is -2.40. The van der Waals surface area contributed by atoms with E-state index >= 15 is 0 Å². The van der Waals surface area contributed by atoms with Crippen molar-refractivity contribution in [2.75, 3.05) is 14.2 Å². The Balaban J connectivity index is 1.98. The Bertz CT molecular complexity index is 903. The van der Waals surface area contributed by atoms with Gasteiger partial charge in [-0.2, -0.15) is 4.57 Å². The van der Waals surface area contributed by atoms with Crippen LogP contribution in [0.1, 0.15) is 10.4 Å². The second-order valence-electron chi connectivity index (χ2n) is 5.31. The number of carbonyl (C=O) groups excluding carboxylic acids is 1. The summed E-state index contributed by atoms with van der Waals surface area (Å²) in [6, 6.07) is 15.4. The van der Waals surface area contributed by atoms with Crippen molar-refractivity contribution in [1.29, 1.82) is 0 Å². The highest BCUT2D eigenvalue weighted by Crippen LogP contribution is 2.33. The number of para-hydroxylation sites is 1. The number of benzene rings is 2. The lowest BCUT2D eigenvalue weighted by atomic mass is 10.1. The van der Waals surface area contributed by atoms with Crippen molar-refractivity contribution < 1.29 is 18.8 Å². The lowest BCUT2D eigenvalue weighted by molar-refractivity contribution is -0.657. The SMILES string of the molecule is COc1cc(Br)c(C(=O)C[n+]2cccc3ccccc32)cc1OC. The number of nitrogens with zero attached hydrogens (tertiary/aromatic N) is 1. The number of ketones is 1. The van der Waals surface area contributed by atoms with E-state index in [2.05, 4.69) is 15.9 Å². The highest BCUT2D eigenvalue weighted by Gasteiger charge is 2.20. The Morgan fingerprint density at radius 3 is 2.46 bits per heavy atom. The van der Waals surface area contributed by atoms with E-state index in [9.17, 15) is 4.79 Å². The zero-order valence-electron chi connectivity index (χ0n) is 13.5. The number of carbonyl (C=O) groups is 1. The summed E-state index contributed by atoms with van der Waals surface area (Å²) in [5.74, 6) is 1.11. The summed E-state index contributed by atoms with van der Waals surface area (Å²) >= 11 is 3.45. The molecule has 24 heavy (non-hydrogen) atoms. The third-order valence-electron chi connectivity index (χ3n) is 3.88. The number of methoxy groups -OCH3 is 2.